The molecule has 3 aromatic rings. The Labute approximate surface area is 121 Å². The van der Waals surface area contributed by atoms with Gasteiger partial charge in [0.2, 0.25) is 0 Å². The molecule has 1 aliphatic carbocycles. The molecule has 1 aromatic carbocycles. The van der Waals surface area contributed by atoms with Gasteiger partial charge in [0.15, 0.2) is 10.8 Å². The van der Waals surface area contributed by atoms with Crippen molar-refractivity contribution in [1.29, 1.82) is 0 Å². The second-order valence-electron chi connectivity index (χ2n) is 5.00. The van der Waals surface area contributed by atoms with Crippen molar-refractivity contribution in [2.75, 3.05) is 0 Å². The summed E-state index contributed by atoms with van der Waals surface area (Å²) in [6.07, 6.45) is 2.98. The Hall–Kier alpha value is -1.85. The molecule has 4 rings (SSSR count). The van der Waals surface area contributed by atoms with E-state index in [-0.39, 0.29) is 6.04 Å². The lowest BCUT2D eigenvalue weighted by Gasteiger charge is -2.14. The van der Waals surface area contributed by atoms with Crippen LogP contribution in [0.15, 0.2) is 53.8 Å². The zero-order valence-electron chi connectivity index (χ0n) is 10.8. The van der Waals surface area contributed by atoms with Gasteiger partial charge in [-0.05, 0) is 29.7 Å². The van der Waals surface area contributed by atoms with E-state index in [1.807, 2.05) is 28.8 Å². The van der Waals surface area contributed by atoms with Crippen molar-refractivity contribution in [3.63, 3.8) is 0 Å². The molecular formula is C15H14N4S. The lowest BCUT2D eigenvalue weighted by atomic mass is 10.1. The maximum Gasteiger partial charge on any atom is 0.195 e. The predicted molar refractivity (Wildman–Crippen MR) is 79.7 cm³/mol. The summed E-state index contributed by atoms with van der Waals surface area (Å²) in [6.45, 7) is 0. The first-order chi connectivity index (χ1) is 9.83. The summed E-state index contributed by atoms with van der Waals surface area (Å²) in [5, 5.41) is 9.69. The molecule has 2 heterocycles. The molecule has 1 aliphatic rings. The fraction of sp³-hybridized carbons (Fsp3) is 0.200. The van der Waals surface area contributed by atoms with Crippen LogP contribution in [0.5, 0.6) is 0 Å². The van der Waals surface area contributed by atoms with Crippen LogP contribution < -0.4 is 5.73 Å². The van der Waals surface area contributed by atoms with Crippen LogP contribution in [0, 0.1) is 0 Å². The third-order valence-electron chi connectivity index (χ3n) is 3.78. The van der Waals surface area contributed by atoms with Gasteiger partial charge in [-0.2, -0.15) is 0 Å². The van der Waals surface area contributed by atoms with Crippen LogP contribution in [0.3, 0.4) is 0 Å². The number of aromatic nitrogens is 3. The van der Waals surface area contributed by atoms with E-state index in [2.05, 4.69) is 34.5 Å². The SMILES string of the molecule is NC1c2ccccc2CC1Sc1nnc2ccccn12. The minimum atomic E-state index is 0.0623. The van der Waals surface area contributed by atoms with Crippen LogP contribution in [0.4, 0.5) is 0 Å². The molecule has 0 aliphatic heterocycles. The Bertz CT molecular complexity index is 767. The standard InChI is InChI=1S/C15H14N4S/c16-14-11-6-2-1-5-10(11)9-12(14)20-15-18-17-13-7-3-4-8-19(13)15/h1-8,12,14H,9,16H2. The van der Waals surface area contributed by atoms with Gasteiger partial charge >= 0.3 is 0 Å². The maximum absolute atomic E-state index is 6.37. The van der Waals surface area contributed by atoms with Crippen molar-refractivity contribution in [3.8, 4) is 0 Å². The van der Waals surface area contributed by atoms with Gasteiger partial charge in [0.05, 0.1) is 0 Å². The fourth-order valence-corrected chi connectivity index (χ4v) is 3.92. The van der Waals surface area contributed by atoms with Gasteiger partial charge in [0.1, 0.15) is 0 Å². The summed E-state index contributed by atoms with van der Waals surface area (Å²) in [5.74, 6) is 0. The monoisotopic (exact) mass is 282 g/mol. The first kappa shape index (κ1) is 11.9. The molecule has 0 amide bonds. The molecule has 100 valence electrons. The first-order valence-electron chi connectivity index (χ1n) is 6.63. The number of benzene rings is 1. The molecule has 0 radical (unpaired) electrons. The Balaban J connectivity index is 1.65. The Kier molecular flexibility index (Phi) is 2.75. The van der Waals surface area contributed by atoms with Crippen LogP contribution in [0.2, 0.25) is 0 Å². The Morgan fingerprint density at radius 1 is 1.10 bits per heavy atom. The number of rotatable bonds is 2. The molecule has 0 saturated carbocycles. The molecule has 2 aromatic heterocycles. The molecule has 20 heavy (non-hydrogen) atoms. The van der Waals surface area contributed by atoms with Gasteiger partial charge in [-0.1, -0.05) is 42.1 Å². The summed E-state index contributed by atoms with van der Waals surface area (Å²) in [5.41, 5.74) is 9.86. The van der Waals surface area contributed by atoms with E-state index in [4.69, 9.17) is 5.73 Å². The van der Waals surface area contributed by atoms with Gasteiger partial charge in [-0.25, -0.2) is 0 Å². The predicted octanol–water partition coefficient (Wildman–Crippen LogP) is 2.45. The molecule has 0 saturated heterocycles. The highest BCUT2D eigenvalue weighted by molar-refractivity contribution is 7.99. The number of pyridine rings is 1. The quantitative estimate of drug-likeness (QED) is 0.784. The Morgan fingerprint density at radius 2 is 1.95 bits per heavy atom. The van der Waals surface area contributed by atoms with Gasteiger partial charge in [-0.15, -0.1) is 10.2 Å². The zero-order chi connectivity index (χ0) is 13.5. The maximum atomic E-state index is 6.37. The van der Waals surface area contributed by atoms with Crippen molar-refractivity contribution in [2.45, 2.75) is 22.9 Å². The van der Waals surface area contributed by atoms with Gasteiger partial charge in [0.25, 0.3) is 0 Å². The average molecular weight is 282 g/mol. The van der Waals surface area contributed by atoms with Crippen LogP contribution in [0.1, 0.15) is 17.2 Å². The molecule has 2 unspecified atom stereocenters. The van der Waals surface area contributed by atoms with Crippen LogP contribution >= 0.6 is 11.8 Å². The average Bonchev–Trinajstić information content (AvgIpc) is 3.03. The second kappa shape index (κ2) is 4.61. The van der Waals surface area contributed by atoms with Crippen LogP contribution in [0.25, 0.3) is 5.65 Å². The summed E-state index contributed by atoms with van der Waals surface area (Å²) >= 11 is 1.72. The lowest BCUT2D eigenvalue weighted by molar-refractivity contribution is 0.726. The van der Waals surface area contributed by atoms with E-state index in [0.29, 0.717) is 5.25 Å². The van der Waals surface area contributed by atoms with Crippen molar-refractivity contribution in [2.24, 2.45) is 5.73 Å². The van der Waals surface area contributed by atoms with Crippen molar-refractivity contribution >= 4 is 17.4 Å². The minimum absolute atomic E-state index is 0.0623. The van der Waals surface area contributed by atoms with E-state index in [1.165, 1.54) is 11.1 Å². The molecule has 5 heteroatoms. The number of hydrogen-bond acceptors (Lipinski definition) is 4. The molecular weight excluding hydrogens is 268 g/mol. The van der Waals surface area contributed by atoms with Crippen molar-refractivity contribution < 1.29 is 0 Å². The van der Waals surface area contributed by atoms with Gasteiger partial charge in [-0.3, -0.25) is 4.40 Å². The number of nitrogens with zero attached hydrogens (tertiary/aromatic N) is 3. The van der Waals surface area contributed by atoms with E-state index in [9.17, 15) is 0 Å². The van der Waals surface area contributed by atoms with Gasteiger partial charge in [0, 0.05) is 17.5 Å². The number of nitrogens with two attached hydrogens (primary N) is 1. The van der Waals surface area contributed by atoms with Crippen molar-refractivity contribution in [3.05, 3.63) is 59.8 Å². The van der Waals surface area contributed by atoms with E-state index in [1.54, 1.807) is 11.8 Å². The third-order valence-corrected chi connectivity index (χ3v) is 5.03. The largest absolute Gasteiger partial charge is 0.323 e. The number of thioether (sulfide) groups is 1. The highest BCUT2D eigenvalue weighted by atomic mass is 32.2. The van der Waals surface area contributed by atoms with Crippen molar-refractivity contribution in [1.82, 2.24) is 14.6 Å². The highest BCUT2D eigenvalue weighted by Crippen LogP contribution is 2.39. The molecule has 0 spiro atoms. The number of fused-ring (bicyclic) bond motifs is 2. The molecule has 0 fully saturated rings. The summed E-state index contributed by atoms with van der Waals surface area (Å²) in [7, 11) is 0. The van der Waals surface area contributed by atoms with Gasteiger partial charge < -0.3 is 5.73 Å². The van der Waals surface area contributed by atoms with E-state index in [0.717, 1.165) is 17.2 Å². The number of hydrogen-bond donors (Lipinski definition) is 1. The smallest absolute Gasteiger partial charge is 0.195 e. The summed E-state index contributed by atoms with van der Waals surface area (Å²) in [6, 6.07) is 14.4. The minimum Gasteiger partial charge on any atom is -0.323 e. The molecule has 4 nitrogen and oxygen atoms in total. The summed E-state index contributed by atoms with van der Waals surface area (Å²) < 4.78 is 2.01. The lowest BCUT2D eigenvalue weighted by Crippen LogP contribution is -2.19. The van der Waals surface area contributed by atoms with E-state index >= 15 is 0 Å². The normalized spacial score (nSPS) is 21.2. The summed E-state index contributed by atoms with van der Waals surface area (Å²) in [4.78, 5) is 0. The molecule has 2 N–H and O–H groups in total. The fourth-order valence-electron chi connectivity index (χ4n) is 2.74. The van der Waals surface area contributed by atoms with Crippen LogP contribution in [-0.4, -0.2) is 19.8 Å². The molecule has 2 atom stereocenters. The Morgan fingerprint density at radius 3 is 2.85 bits per heavy atom. The van der Waals surface area contributed by atoms with Crippen LogP contribution in [-0.2, 0) is 6.42 Å². The second-order valence-corrected chi connectivity index (χ2v) is 6.20. The zero-order valence-corrected chi connectivity index (χ0v) is 11.6. The highest BCUT2D eigenvalue weighted by Gasteiger charge is 2.31. The topological polar surface area (TPSA) is 56.2 Å². The third kappa shape index (κ3) is 1.82. The van der Waals surface area contributed by atoms with E-state index < -0.39 is 0 Å². The molecule has 0 bridgehead atoms. The first-order valence-corrected chi connectivity index (χ1v) is 7.51.